The van der Waals surface area contributed by atoms with Gasteiger partial charge in [0.05, 0.1) is 0 Å². The molecule has 0 saturated carbocycles. The van der Waals surface area contributed by atoms with Crippen LogP contribution in [0.15, 0.2) is 0 Å². The van der Waals surface area contributed by atoms with E-state index in [2.05, 4.69) is 17.6 Å². The minimum atomic E-state index is 0.128. The third kappa shape index (κ3) is 2.98. The highest BCUT2D eigenvalue weighted by Gasteiger charge is 2.28. The molecule has 2 N–H and O–H groups in total. The first-order valence-corrected chi connectivity index (χ1v) is 5.60. The molecule has 0 spiro atoms. The van der Waals surface area contributed by atoms with Crippen molar-refractivity contribution in [3.8, 4) is 0 Å². The van der Waals surface area contributed by atoms with Crippen LogP contribution in [-0.4, -0.2) is 24.5 Å². The Hall–Kier alpha value is -0.570. The van der Waals surface area contributed by atoms with Crippen LogP contribution in [0.5, 0.6) is 0 Å². The van der Waals surface area contributed by atoms with Gasteiger partial charge in [-0.25, -0.2) is 0 Å². The Morgan fingerprint density at radius 3 is 2.86 bits per heavy atom. The monoisotopic (exact) mass is 198 g/mol. The van der Waals surface area contributed by atoms with Gasteiger partial charge in [-0.1, -0.05) is 13.8 Å². The van der Waals surface area contributed by atoms with Gasteiger partial charge in [-0.15, -0.1) is 0 Å². The molecule has 3 nitrogen and oxygen atoms in total. The zero-order valence-electron chi connectivity index (χ0n) is 9.52. The van der Waals surface area contributed by atoms with E-state index in [-0.39, 0.29) is 17.4 Å². The van der Waals surface area contributed by atoms with Crippen LogP contribution in [0.4, 0.5) is 0 Å². The van der Waals surface area contributed by atoms with Crippen molar-refractivity contribution in [1.29, 1.82) is 0 Å². The van der Waals surface area contributed by atoms with Crippen molar-refractivity contribution >= 4 is 5.91 Å². The van der Waals surface area contributed by atoms with Crippen LogP contribution < -0.4 is 10.6 Å². The van der Waals surface area contributed by atoms with Gasteiger partial charge in [-0.05, 0) is 32.7 Å². The highest BCUT2D eigenvalue weighted by molar-refractivity contribution is 5.78. The lowest BCUT2D eigenvalue weighted by Gasteiger charge is -2.25. The summed E-state index contributed by atoms with van der Waals surface area (Å²) in [5, 5.41) is 6.44. The van der Waals surface area contributed by atoms with Gasteiger partial charge in [0.2, 0.25) is 5.91 Å². The first-order chi connectivity index (χ1) is 6.57. The number of hydrogen-bond donors (Lipinski definition) is 2. The molecule has 1 saturated heterocycles. The summed E-state index contributed by atoms with van der Waals surface area (Å²) in [7, 11) is 0. The zero-order chi connectivity index (χ0) is 10.6. The summed E-state index contributed by atoms with van der Waals surface area (Å²) in [5.74, 6) is 0.322. The number of carbonyl (C=O) groups is 1. The van der Waals surface area contributed by atoms with E-state index >= 15 is 0 Å². The summed E-state index contributed by atoms with van der Waals surface area (Å²) in [6.07, 6.45) is 3.29. The van der Waals surface area contributed by atoms with Gasteiger partial charge in [0.15, 0.2) is 0 Å². The number of nitrogens with one attached hydrogen (secondary N) is 2. The Kier molecular flexibility index (Phi) is 3.93. The molecule has 2 atom stereocenters. The standard InChI is InChI=1S/C11H22N2O/c1-4-9(2)10(14)12-8-11(3)6-5-7-13-11/h9,13H,4-8H2,1-3H3,(H,12,14). The number of carbonyl (C=O) groups excluding carboxylic acids is 1. The van der Waals surface area contributed by atoms with E-state index in [1.807, 2.05) is 13.8 Å². The van der Waals surface area contributed by atoms with Crippen molar-refractivity contribution in [3.63, 3.8) is 0 Å². The lowest BCUT2D eigenvalue weighted by Crippen LogP contribution is -2.48. The molecule has 1 amide bonds. The summed E-state index contributed by atoms with van der Waals surface area (Å²) in [6, 6.07) is 0. The third-order valence-corrected chi connectivity index (χ3v) is 3.17. The molecule has 0 aliphatic carbocycles. The molecular weight excluding hydrogens is 176 g/mol. The third-order valence-electron chi connectivity index (χ3n) is 3.17. The Labute approximate surface area is 86.6 Å². The molecule has 1 rings (SSSR count). The number of amides is 1. The molecule has 82 valence electrons. The SMILES string of the molecule is CCC(C)C(=O)NCC1(C)CCCN1. The topological polar surface area (TPSA) is 41.1 Å². The van der Waals surface area contributed by atoms with Crippen LogP contribution in [0.3, 0.4) is 0 Å². The quantitative estimate of drug-likeness (QED) is 0.714. The van der Waals surface area contributed by atoms with E-state index in [1.165, 1.54) is 6.42 Å². The molecule has 0 aromatic heterocycles. The predicted octanol–water partition coefficient (Wildman–Crippen LogP) is 1.29. The molecule has 0 aromatic carbocycles. The van der Waals surface area contributed by atoms with Gasteiger partial charge in [0.1, 0.15) is 0 Å². The van der Waals surface area contributed by atoms with E-state index in [1.54, 1.807) is 0 Å². The zero-order valence-corrected chi connectivity index (χ0v) is 9.52. The molecular formula is C11H22N2O. The van der Waals surface area contributed by atoms with Crippen LogP contribution in [0.25, 0.3) is 0 Å². The molecule has 3 heteroatoms. The highest BCUT2D eigenvalue weighted by atomic mass is 16.1. The van der Waals surface area contributed by atoms with Crippen LogP contribution in [0.2, 0.25) is 0 Å². The molecule has 14 heavy (non-hydrogen) atoms. The molecule has 1 heterocycles. The van der Waals surface area contributed by atoms with Gasteiger partial charge in [0, 0.05) is 18.0 Å². The second-order valence-electron chi connectivity index (χ2n) is 4.62. The molecule has 1 aliphatic rings. The Morgan fingerprint density at radius 1 is 1.64 bits per heavy atom. The lowest BCUT2D eigenvalue weighted by atomic mass is 10.00. The first kappa shape index (κ1) is 11.5. The highest BCUT2D eigenvalue weighted by Crippen LogP contribution is 2.17. The second kappa shape index (κ2) is 4.78. The molecule has 1 fully saturated rings. The van der Waals surface area contributed by atoms with Gasteiger partial charge < -0.3 is 10.6 Å². The van der Waals surface area contributed by atoms with Crippen LogP contribution in [0, 0.1) is 5.92 Å². The number of hydrogen-bond acceptors (Lipinski definition) is 2. The summed E-state index contributed by atoms with van der Waals surface area (Å²) in [5.41, 5.74) is 0.128. The van der Waals surface area contributed by atoms with Gasteiger partial charge in [-0.3, -0.25) is 4.79 Å². The Bertz CT molecular complexity index is 197. The summed E-state index contributed by atoms with van der Waals surface area (Å²) in [4.78, 5) is 11.5. The van der Waals surface area contributed by atoms with Crippen LogP contribution in [0.1, 0.15) is 40.0 Å². The molecule has 0 aromatic rings. The molecule has 0 bridgehead atoms. The minimum absolute atomic E-state index is 0.128. The molecule has 1 aliphatic heterocycles. The second-order valence-corrected chi connectivity index (χ2v) is 4.62. The summed E-state index contributed by atoms with van der Waals surface area (Å²) < 4.78 is 0. The predicted molar refractivity (Wildman–Crippen MR) is 58.1 cm³/mol. The van der Waals surface area contributed by atoms with Crippen molar-refractivity contribution in [3.05, 3.63) is 0 Å². The van der Waals surface area contributed by atoms with Crippen molar-refractivity contribution in [2.24, 2.45) is 5.92 Å². The maximum atomic E-state index is 11.5. The molecule has 0 radical (unpaired) electrons. The lowest BCUT2D eigenvalue weighted by molar-refractivity contribution is -0.124. The van der Waals surface area contributed by atoms with Crippen molar-refractivity contribution < 1.29 is 4.79 Å². The first-order valence-electron chi connectivity index (χ1n) is 5.60. The normalized spacial score (nSPS) is 28.8. The molecule has 2 unspecified atom stereocenters. The van der Waals surface area contributed by atoms with E-state index in [4.69, 9.17) is 0 Å². The van der Waals surface area contributed by atoms with Gasteiger partial charge in [-0.2, -0.15) is 0 Å². The van der Waals surface area contributed by atoms with Crippen molar-refractivity contribution in [1.82, 2.24) is 10.6 Å². The summed E-state index contributed by atoms with van der Waals surface area (Å²) in [6.45, 7) is 8.03. The fourth-order valence-corrected chi connectivity index (χ4v) is 1.75. The van der Waals surface area contributed by atoms with E-state index in [0.29, 0.717) is 0 Å². The van der Waals surface area contributed by atoms with Crippen molar-refractivity contribution in [2.75, 3.05) is 13.1 Å². The average Bonchev–Trinajstić information content (AvgIpc) is 2.61. The fourth-order valence-electron chi connectivity index (χ4n) is 1.75. The van der Waals surface area contributed by atoms with E-state index in [0.717, 1.165) is 25.9 Å². The van der Waals surface area contributed by atoms with Crippen LogP contribution in [-0.2, 0) is 4.79 Å². The average molecular weight is 198 g/mol. The van der Waals surface area contributed by atoms with Gasteiger partial charge in [0.25, 0.3) is 0 Å². The fraction of sp³-hybridized carbons (Fsp3) is 0.909. The Morgan fingerprint density at radius 2 is 2.36 bits per heavy atom. The smallest absolute Gasteiger partial charge is 0.222 e. The van der Waals surface area contributed by atoms with Crippen molar-refractivity contribution in [2.45, 2.75) is 45.6 Å². The largest absolute Gasteiger partial charge is 0.354 e. The van der Waals surface area contributed by atoms with E-state index in [9.17, 15) is 4.79 Å². The van der Waals surface area contributed by atoms with Crippen LogP contribution >= 0.6 is 0 Å². The van der Waals surface area contributed by atoms with Gasteiger partial charge >= 0.3 is 0 Å². The number of rotatable bonds is 4. The minimum Gasteiger partial charge on any atom is -0.354 e. The van der Waals surface area contributed by atoms with E-state index < -0.39 is 0 Å². The maximum absolute atomic E-state index is 11.5. The Balaban J connectivity index is 2.29. The maximum Gasteiger partial charge on any atom is 0.222 e. The summed E-state index contributed by atoms with van der Waals surface area (Å²) >= 11 is 0.